The highest BCUT2D eigenvalue weighted by molar-refractivity contribution is 6.06. The molecule has 1 amide bonds. The van der Waals surface area contributed by atoms with Crippen LogP contribution in [-0.2, 0) is 6.18 Å². The molecule has 4 rings (SSSR count). The average Bonchev–Trinajstić information content (AvgIpc) is 3.05. The Hall–Kier alpha value is -3.68. The molecular formula is C22H15F4N3O. The normalized spacial score (nSPS) is 11.6. The number of amides is 1. The van der Waals surface area contributed by atoms with Crippen LogP contribution < -0.4 is 5.32 Å². The molecule has 0 fully saturated rings. The zero-order valence-electron chi connectivity index (χ0n) is 15.7. The molecule has 2 aromatic heterocycles. The number of nitrogens with one attached hydrogen (secondary N) is 1. The first-order chi connectivity index (χ1) is 14.2. The molecule has 1 N–H and O–H groups in total. The molecule has 0 saturated heterocycles. The Morgan fingerprint density at radius 1 is 1.03 bits per heavy atom. The highest BCUT2D eigenvalue weighted by atomic mass is 19.4. The molecule has 4 nitrogen and oxygen atoms in total. The van der Waals surface area contributed by atoms with E-state index in [1.165, 1.54) is 30.3 Å². The van der Waals surface area contributed by atoms with Crippen LogP contribution in [0.1, 0.15) is 21.5 Å². The van der Waals surface area contributed by atoms with Gasteiger partial charge in [0.2, 0.25) is 0 Å². The molecule has 8 heteroatoms. The van der Waals surface area contributed by atoms with Gasteiger partial charge < -0.3 is 5.32 Å². The van der Waals surface area contributed by atoms with Gasteiger partial charge in [-0.3, -0.25) is 9.20 Å². The molecule has 0 aliphatic rings. The number of rotatable bonds is 3. The molecular weight excluding hydrogens is 398 g/mol. The van der Waals surface area contributed by atoms with E-state index in [-0.39, 0.29) is 11.4 Å². The molecule has 2 heterocycles. The third-order valence-corrected chi connectivity index (χ3v) is 4.56. The van der Waals surface area contributed by atoms with Gasteiger partial charge in [0.1, 0.15) is 23.0 Å². The van der Waals surface area contributed by atoms with Crippen molar-refractivity contribution in [3.63, 3.8) is 0 Å². The summed E-state index contributed by atoms with van der Waals surface area (Å²) in [4.78, 5) is 17.2. The van der Waals surface area contributed by atoms with Crippen LogP contribution in [0.4, 0.5) is 23.4 Å². The van der Waals surface area contributed by atoms with E-state index >= 15 is 0 Å². The number of pyridine rings is 1. The summed E-state index contributed by atoms with van der Waals surface area (Å²) in [5.41, 5.74) is 1.09. The van der Waals surface area contributed by atoms with Crippen molar-refractivity contribution in [3.8, 4) is 11.3 Å². The van der Waals surface area contributed by atoms with Gasteiger partial charge >= 0.3 is 6.18 Å². The highest BCUT2D eigenvalue weighted by Crippen LogP contribution is 2.32. The summed E-state index contributed by atoms with van der Waals surface area (Å²) in [6.45, 7) is 1.87. The Morgan fingerprint density at radius 3 is 2.53 bits per heavy atom. The molecule has 0 spiro atoms. The SMILES string of the molecule is Cc1ccn2c(NC(=O)c3cccc(C(F)(F)F)c3)c(-c3cccc(F)c3)nc2c1. The van der Waals surface area contributed by atoms with Crippen molar-refractivity contribution in [2.24, 2.45) is 0 Å². The summed E-state index contributed by atoms with van der Waals surface area (Å²) in [5, 5.41) is 2.64. The van der Waals surface area contributed by atoms with Crippen LogP contribution in [-0.4, -0.2) is 15.3 Å². The zero-order valence-corrected chi connectivity index (χ0v) is 15.7. The zero-order chi connectivity index (χ0) is 21.5. The summed E-state index contributed by atoms with van der Waals surface area (Å²) in [6.07, 6.45) is -2.88. The molecule has 0 unspecified atom stereocenters. The lowest BCUT2D eigenvalue weighted by molar-refractivity contribution is -0.137. The van der Waals surface area contributed by atoms with Gasteiger partial charge in [-0.05, 0) is 55.0 Å². The largest absolute Gasteiger partial charge is 0.416 e. The first-order valence-corrected chi connectivity index (χ1v) is 8.95. The number of imidazole rings is 1. The van der Waals surface area contributed by atoms with Gasteiger partial charge in [-0.15, -0.1) is 0 Å². The van der Waals surface area contributed by atoms with Crippen molar-refractivity contribution >= 4 is 17.4 Å². The Morgan fingerprint density at radius 2 is 1.80 bits per heavy atom. The maximum Gasteiger partial charge on any atom is 0.416 e. The molecule has 0 aliphatic heterocycles. The number of hydrogen-bond donors (Lipinski definition) is 1. The Kier molecular flexibility index (Phi) is 4.77. The number of carbonyl (C=O) groups excluding carboxylic acids is 1. The number of nitrogens with zero attached hydrogens (tertiary/aromatic N) is 2. The van der Waals surface area contributed by atoms with E-state index in [0.29, 0.717) is 16.9 Å². The summed E-state index contributed by atoms with van der Waals surface area (Å²) < 4.78 is 54.3. The van der Waals surface area contributed by atoms with Crippen molar-refractivity contribution in [2.45, 2.75) is 13.1 Å². The second-order valence-electron chi connectivity index (χ2n) is 6.78. The van der Waals surface area contributed by atoms with Gasteiger partial charge in [0.25, 0.3) is 5.91 Å². The number of benzene rings is 2. The van der Waals surface area contributed by atoms with Gasteiger partial charge in [0, 0.05) is 17.3 Å². The predicted molar refractivity (Wildman–Crippen MR) is 105 cm³/mol. The van der Waals surface area contributed by atoms with Crippen molar-refractivity contribution < 1.29 is 22.4 Å². The summed E-state index contributed by atoms with van der Waals surface area (Å²) in [7, 11) is 0. The van der Waals surface area contributed by atoms with Crippen LogP contribution in [0.2, 0.25) is 0 Å². The summed E-state index contributed by atoms with van der Waals surface area (Å²) in [6, 6.07) is 13.4. The van der Waals surface area contributed by atoms with Gasteiger partial charge in [0.05, 0.1) is 5.56 Å². The third kappa shape index (κ3) is 3.76. The molecule has 0 saturated carbocycles. The number of aromatic nitrogens is 2. The first-order valence-electron chi connectivity index (χ1n) is 8.95. The van der Waals surface area contributed by atoms with Crippen LogP contribution >= 0.6 is 0 Å². The standard InChI is InChI=1S/C22H15F4N3O/c1-13-8-9-29-18(10-13)27-19(14-4-3-7-17(23)12-14)20(29)28-21(30)15-5-2-6-16(11-15)22(24,25)26/h2-12H,1H3,(H,28,30). The van der Waals surface area contributed by atoms with Crippen LogP contribution in [0.15, 0.2) is 66.9 Å². The van der Waals surface area contributed by atoms with Crippen LogP contribution in [0.25, 0.3) is 16.9 Å². The highest BCUT2D eigenvalue weighted by Gasteiger charge is 2.31. The number of fused-ring (bicyclic) bond motifs is 1. The number of halogens is 4. The lowest BCUT2D eigenvalue weighted by atomic mass is 10.1. The molecule has 0 bridgehead atoms. The van der Waals surface area contributed by atoms with E-state index < -0.39 is 23.5 Å². The fraction of sp³-hybridized carbons (Fsp3) is 0.0909. The molecule has 2 aromatic carbocycles. The molecule has 30 heavy (non-hydrogen) atoms. The average molecular weight is 413 g/mol. The predicted octanol–water partition coefficient (Wildman–Crippen LogP) is 5.72. The lowest BCUT2D eigenvalue weighted by Gasteiger charge is -2.10. The van der Waals surface area contributed by atoms with Crippen molar-refractivity contribution in [1.29, 1.82) is 0 Å². The van der Waals surface area contributed by atoms with Crippen molar-refractivity contribution in [2.75, 3.05) is 5.32 Å². The van der Waals surface area contributed by atoms with Gasteiger partial charge in [-0.25, -0.2) is 9.37 Å². The quantitative estimate of drug-likeness (QED) is 0.437. The van der Waals surface area contributed by atoms with Crippen LogP contribution in [0.5, 0.6) is 0 Å². The fourth-order valence-electron chi connectivity index (χ4n) is 3.12. The van der Waals surface area contributed by atoms with E-state index in [4.69, 9.17) is 0 Å². The fourth-order valence-corrected chi connectivity index (χ4v) is 3.12. The molecule has 0 radical (unpaired) electrons. The number of aryl methyl sites for hydroxylation is 1. The minimum atomic E-state index is -4.57. The van der Waals surface area contributed by atoms with Gasteiger partial charge in [-0.1, -0.05) is 18.2 Å². The van der Waals surface area contributed by atoms with Crippen molar-refractivity contribution in [3.05, 3.63) is 89.4 Å². The molecule has 0 aliphatic carbocycles. The Balaban J connectivity index is 1.80. The van der Waals surface area contributed by atoms with E-state index in [2.05, 4.69) is 10.3 Å². The monoisotopic (exact) mass is 413 g/mol. The van der Waals surface area contributed by atoms with E-state index in [0.717, 1.165) is 17.7 Å². The number of carbonyl (C=O) groups is 1. The maximum absolute atomic E-state index is 13.8. The Labute approximate surface area is 168 Å². The van der Waals surface area contributed by atoms with Gasteiger partial charge in [-0.2, -0.15) is 13.2 Å². The smallest absolute Gasteiger partial charge is 0.306 e. The van der Waals surface area contributed by atoms with Gasteiger partial charge in [0.15, 0.2) is 0 Å². The second-order valence-corrected chi connectivity index (χ2v) is 6.78. The van der Waals surface area contributed by atoms with E-state index in [9.17, 15) is 22.4 Å². The number of alkyl halides is 3. The van der Waals surface area contributed by atoms with Crippen LogP contribution in [0, 0.1) is 12.7 Å². The third-order valence-electron chi connectivity index (χ3n) is 4.56. The summed E-state index contributed by atoms with van der Waals surface area (Å²) >= 11 is 0. The molecule has 4 aromatic rings. The Bertz CT molecular complexity index is 1260. The number of hydrogen-bond acceptors (Lipinski definition) is 2. The number of anilines is 1. The minimum absolute atomic E-state index is 0.155. The maximum atomic E-state index is 13.8. The van der Waals surface area contributed by atoms with E-state index in [1.54, 1.807) is 28.8 Å². The second kappa shape index (κ2) is 7.29. The lowest BCUT2D eigenvalue weighted by Crippen LogP contribution is -2.15. The molecule has 0 atom stereocenters. The summed E-state index contributed by atoms with van der Waals surface area (Å²) in [5.74, 6) is -0.977. The topological polar surface area (TPSA) is 46.4 Å². The van der Waals surface area contributed by atoms with Crippen LogP contribution in [0.3, 0.4) is 0 Å². The minimum Gasteiger partial charge on any atom is -0.306 e. The van der Waals surface area contributed by atoms with Crippen molar-refractivity contribution in [1.82, 2.24) is 9.38 Å². The molecule has 152 valence electrons. The first kappa shape index (κ1) is 19.6. The van der Waals surface area contributed by atoms with E-state index in [1.807, 2.05) is 6.92 Å².